The van der Waals surface area contributed by atoms with Crippen molar-refractivity contribution >= 4 is 11.8 Å². The first-order valence-corrected chi connectivity index (χ1v) is 7.54. The number of hydrogen-bond donors (Lipinski definition) is 1. The van der Waals surface area contributed by atoms with Gasteiger partial charge in [0, 0.05) is 30.4 Å². The average Bonchev–Trinajstić information content (AvgIpc) is 2.92. The molecule has 1 atom stereocenters. The molecule has 18 heavy (non-hydrogen) atoms. The SMILES string of the molecule is COc1ccc(CN)cc1CN(C)C1CCSC1. The highest BCUT2D eigenvalue weighted by molar-refractivity contribution is 7.99. The summed E-state index contributed by atoms with van der Waals surface area (Å²) in [7, 11) is 3.93. The number of hydrogen-bond acceptors (Lipinski definition) is 4. The molecule has 1 heterocycles. The molecule has 0 aliphatic carbocycles. The third kappa shape index (κ3) is 3.19. The monoisotopic (exact) mass is 266 g/mol. The summed E-state index contributed by atoms with van der Waals surface area (Å²) in [4.78, 5) is 2.43. The van der Waals surface area contributed by atoms with Gasteiger partial charge in [-0.05, 0) is 36.9 Å². The highest BCUT2D eigenvalue weighted by Crippen LogP contribution is 2.26. The van der Waals surface area contributed by atoms with Crippen LogP contribution in [0.2, 0.25) is 0 Å². The first kappa shape index (κ1) is 13.7. The Morgan fingerprint density at radius 1 is 1.50 bits per heavy atom. The van der Waals surface area contributed by atoms with Gasteiger partial charge in [0.2, 0.25) is 0 Å². The number of methoxy groups -OCH3 is 1. The highest BCUT2D eigenvalue weighted by Gasteiger charge is 2.20. The van der Waals surface area contributed by atoms with E-state index in [-0.39, 0.29) is 0 Å². The van der Waals surface area contributed by atoms with Crippen molar-refractivity contribution in [3.05, 3.63) is 29.3 Å². The summed E-state index contributed by atoms with van der Waals surface area (Å²) >= 11 is 2.05. The fourth-order valence-electron chi connectivity index (χ4n) is 2.35. The standard InChI is InChI=1S/C14H22N2OS/c1-16(13-5-6-18-10-13)9-12-7-11(8-15)3-4-14(12)17-2/h3-4,7,13H,5-6,8-10,15H2,1-2H3. The quantitative estimate of drug-likeness (QED) is 0.885. The van der Waals surface area contributed by atoms with Gasteiger partial charge in [-0.15, -0.1) is 0 Å². The van der Waals surface area contributed by atoms with E-state index in [4.69, 9.17) is 10.5 Å². The average molecular weight is 266 g/mol. The van der Waals surface area contributed by atoms with E-state index in [9.17, 15) is 0 Å². The molecule has 0 bridgehead atoms. The Bertz CT molecular complexity index is 391. The minimum absolute atomic E-state index is 0.583. The Kier molecular flexibility index (Phi) is 4.92. The van der Waals surface area contributed by atoms with Crippen LogP contribution in [0.1, 0.15) is 17.5 Å². The van der Waals surface area contributed by atoms with Crippen LogP contribution in [0.3, 0.4) is 0 Å². The zero-order valence-electron chi connectivity index (χ0n) is 11.2. The van der Waals surface area contributed by atoms with E-state index in [0.717, 1.165) is 12.3 Å². The lowest BCUT2D eigenvalue weighted by Crippen LogP contribution is -2.31. The molecule has 1 aliphatic heterocycles. The third-order valence-corrected chi connectivity index (χ3v) is 4.67. The molecule has 0 saturated carbocycles. The summed E-state index contributed by atoms with van der Waals surface area (Å²) in [6.45, 7) is 1.52. The molecule has 1 aromatic rings. The maximum absolute atomic E-state index is 5.71. The minimum atomic E-state index is 0.583. The molecule has 1 fully saturated rings. The highest BCUT2D eigenvalue weighted by atomic mass is 32.2. The molecule has 2 N–H and O–H groups in total. The summed E-state index contributed by atoms with van der Waals surface area (Å²) in [6.07, 6.45) is 1.29. The fraction of sp³-hybridized carbons (Fsp3) is 0.571. The second-order valence-electron chi connectivity index (χ2n) is 4.78. The summed E-state index contributed by atoms with van der Waals surface area (Å²) in [5.74, 6) is 3.49. The second kappa shape index (κ2) is 6.45. The van der Waals surface area contributed by atoms with Crippen molar-refractivity contribution in [3.8, 4) is 5.75 Å². The van der Waals surface area contributed by atoms with Gasteiger partial charge in [-0.3, -0.25) is 4.90 Å². The van der Waals surface area contributed by atoms with E-state index in [1.165, 1.54) is 29.1 Å². The fourth-order valence-corrected chi connectivity index (χ4v) is 3.65. The number of nitrogens with zero attached hydrogens (tertiary/aromatic N) is 1. The van der Waals surface area contributed by atoms with E-state index < -0.39 is 0 Å². The summed E-state index contributed by atoms with van der Waals surface area (Å²) in [6, 6.07) is 6.92. The molecule has 2 rings (SSSR count). The number of thioether (sulfide) groups is 1. The lowest BCUT2D eigenvalue weighted by molar-refractivity contribution is 0.250. The first-order chi connectivity index (χ1) is 8.74. The lowest BCUT2D eigenvalue weighted by atomic mass is 10.1. The molecule has 3 nitrogen and oxygen atoms in total. The van der Waals surface area contributed by atoms with Crippen molar-refractivity contribution < 1.29 is 4.74 Å². The van der Waals surface area contributed by atoms with Crippen molar-refractivity contribution in [2.24, 2.45) is 5.73 Å². The summed E-state index contributed by atoms with van der Waals surface area (Å²) < 4.78 is 5.44. The Morgan fingerprint density at radius 3 is 2.94 bits per heavy atom. The van der Waals surface area contributed by atoms with Gasteiger partial charge in [0.05, 0.1) is 7.11 Å². The van der Waals surface area contributed by atoms with Crippen molar-refractivity contribution in [2.75, 3.05) is 25.7 Å². The van der Waals surface area contributed by atoms with E-state index in [1.807, 2.05) is 23.9 Å². The Morgan fingerprint density at radius 2 is 2.33 bits per heavy atom. The lowest BCUT2D eigenvalue weighted by Gasteiger charge is -2.24. The molecule has 1 unspecified atom stereocenters. The number of benzene rings is 1. The maximum atomic E-state index is 5.71. The van der Waals surface area contributed by atoms with Crippen LogP contribution in [0, 0.1) is 0 Å². The predicted octanol–water partition coefficient (Wildman–Crippen LogP) is 2.09. The smallest absolute Gasteiger partial charge is 0.123 e. The normalized spacial score (nSPS) is 19.4. The molecule has 0 aromatic heterocycles. The molecule has 0 radical (unpaired) electrons. The van der Waals surface area contributed by atoms with Crippen LogP contribution in [0.15, 0.2) is 18.2 Å². The molecular formula is C14H22N2OS. The minimum Gasteiger partial charge on any atom is -0.496 e. The van der Waals surface area contributed by atoms with Crippen molar-refractivity contribution in [2.45, 2.75) is 25.6 Å². The van der Waals surface area contributed by atoms with E-state index in [2.05, 4.69) is 18.0 Å². The van der Waals surface area contributed by atoms with E-state index in [1.54, 1.807) is 7.11 Å². The second-order valence-corrected chi connectivity index (χ2v) is 5.93. The van der Waals surface area contributed by atoms with Crippen LogP contribution >= 0.6 is 11.8 Å². The number of nitrogens with two attached hydrogens (primary N) is 1. The Hall–Kier alpha value is -0.710. The molecule has 0 spiro atoms. The molecule has 1 aliphatic rings. The van der Waals surface area contributed by atoms with Crippen molar-refractivity contribution in [1.82, 2.24) is 4.90 Å². The van der Waals surface area contributed by atoms with E-state index >= 15 is 0 Å². The third-order valence-electron chi connectivity index (χ3n) is 3.53. The molecule has 1 aromatic carbocycles. The van der Waals surface area contributed by atoms with Crippen LogP contribution in [0.4, 0.5) is 0 Å². The first-order valence-electron chi connectivity index (χ1n) is 6.38. The maximum Gasteiger partial charge on any atom is 0.123 e. The van der Waals surface area contributed by atoms with Gasteiger partial charge < -0.3 is 10.5 Å². The van der Waals surface area contributed by atoms with Gasteiger partial charge in [0.15, 0.2) is 0 Å². The topological polar surface area (TPSA) is 38.5 Å². The van der Waals surface area contributed by atoms with Crippen LogP contribution in [-0.2, 0) is 13.1 Å². The number of rotatable bonds is 5. The summed E-state index contributed by atoms with van der Waals surface area (Å²) in [5, 5.41) is 0. The summed E-state index contributed by atoms with van der Waals surface area (Å²) in [5.41, 5.74) is 8.11. The van der Waals surface area contributed by atoms with Crippen molar-refractivity contribution in [3.63, 3.8) is 0 Å². The van der Waals surface area contributed by atoms with Crippen molar-refractivity contribution in [1.29, 1.82) is 0 Å². The predicted molar refractivity (Wildman–Crippen MR) is 78.1 cm³/mol. The van der Waals surface area contributed by atoms with Gasteiger partial charge in [-0.1, -0.05) is 6.07 Å². The van der Waals surface area contributed by atoms with Gasteiger partial charge in [0.1, 0.15) is 5.75 Å². The zero-order chi connectivity index (χ0) is 13.0. The molecular weight excluding hydrogens is 244 g/mol. The molecule has 100 valence electrons. The van der Waals surface area contributed by atoms with Gasteiger partial charge in [-0.25, -0.2) is 0 Å². The molecule has 1 saturated heterocycles. The Balaban J connectivity index is 2.10. The van der Waals surface area contributed by atoms with Crippen LogP contribution in [0.5, 0.6) is 5.75 Å². The van der Waals surface area contributed by atoms with E-state index in [0.29, 0.717) is 12.6 Å². The van der Waals surface area contributed by atoms with Gasteiger partial charge >= 0.3 is 0 Å². The van der Waals surface area contributed by atoms with Gasteiger partial charge in [-0.2, -0.15) is 11.8 Å². The largest absolute Gasteiger partial charge is 0.496 e. The van der Waals surface area contributed by atoms with Crippen LogP contribution in [0.25, 0.3) is 0 Å². The van der Waals surface area contributed by atoms with Crippen LogP contribution in [-0.4, -0.2) is 36.6 Å². The zero-order valence-corrected chi connectivity index (χ0v) is 12.0. The van der Waals surface area contributed by atoms with Crippen LogP contribution < -0.4 is 10.5 Å². The Labute approximate surface area is 114 Å². The number of ether oxygens (including phenoxy) is 1. The molecule has 4 heteroatoms. The van der Waals surface area contributed by atoms with Gasteiger partial charge in [0.25, 0.3) is 0 Å². The molecule has 0 amide bonds.